The van der Waals surface area contributed by atoms with Crippen LogP contribution < -0.4 is 19.1 Å². The summed E-state index contributed by atoms with van der Waals surface area (Å²) in [6, 6.07) is 0. The maximum absolute atomic E-state index is 8.56. The van der Waals surface area contributed by atoms with Crippen molar-refractivity contribution in [3.8, 4) is 0 Å². The average Bonchev–Trinajstić information content (AvgIpc) is 1.19. The van der Waals surface area contributed by atoms with Crippen molar-refractivity contribution in [1.29, 1.82) is 0 Å². The van der Waals surface area contributed by atoms with E-state index in [1.807, 2.05) is 0 Å². The summed E-state index contributed by atoms with van der Waals surface area (Å²) in [5.41, 5.74) is 0. The van der Waals surface area contributed by atoms with Crippen LogP contribution in [-0.2, 0) is 13.5 Å². The number of rotatable bonds is 0. The van der Waals surface area contributed by atoms with Crippen molar-refractivity contribution in [2.24, 2.45) is 19.1 Å². The predicted octanol–water partition coefficient (Wildman–Crippen LogP) is -2.14. The first kappa shape index (κ1) is 11.4. The van der Waals surface area contributed by atoms with Crippen molar-refractivity contribution in [2.45, 2.75) is 0 Å². The Morgan fingerprint density at radius 1 is 1.11 bits per heavy atom. The standard InChI is InChI=1S/CH2O3.Co.4H2N/c2-1(3)4;;;;;/h(H2,2,3,4);;4*1H2/q;+4;4*-1. The summed E-state index contributed by atoms with van der Waals surface area (Å²) < 4.78 is 0. The Morgan fingerprint density at radius 2 is 1.11 bits per heavy atom. The molecule has 0 heterocycles. The van der Waals surface area contributed by atoms with E-state index in [-0.39, 0.29) is 0 Å². The van der Waals surface area contributed by atoms with Gasteiger partial charge >= 0.3 is 38.8 Å². The molecule has 0 aliphatic heterocycles. The second-order valence-electron chi connectivity index (χ2n) is 0.949. The molecule has 7 nitrogen and oxygen atoms in total. The molecule has 0 aliphatic rings. The molecule has 0 fully saturated rings. The maximum atomic E-state index is 8.56. The molecule has 0 rings (SSSR count). The van der Waals surface area contributed by atoms with Crippen molar-refractivity contribution in [3.63, 3.8) is 0 Å². The second-order valence-corrected chi connectivity index (χ2v) is 3.03. The van der Waals surface area contributed by atoms with Gasteiger partial charge in [0.1, 0.15) is 0 Å². The first-order valence-corrected chi connectivity index (χ1v) is 3.83. The molecule has 0 bridgehead atoms. The van der Waals surface area contributed by atoms with E-state index in [0.29, 0.717) is 0 Å². The summed E-state index contributed by atoms with van der Waals surface area (Å²) in [6.07, 6.45) is -1.83. The Balaban J connectivity index is 0. The minimum absolute atomic E-state index is 1.83. The van der Waals surface area contributed by atoms with Crippen LogP contribution in [0.15, 0.2) is 0 Å². The van der Waals surface area contributed by atoms with Crippen molar-refractivity contribution in [2.75, 3.05) is 0 Å². The Bertz CT molecular complexity index is 78.3. The van der Waals surface area contributed by atoms with Gasteiger partial charge in [0.15, 0.2) is 0 Å². The molecule has 0 amide bonds. The molecule has 0 saturated heterocycles. The first-order chi connectivity index (χ1) is 3.73. The van der Waals surface area contributed by atoms with E-state index < -0.39 is 19.6 Å². The van der Waals surface area contributed by atoms with Crippen LogP contribution in [-0.4, -0.2) is 16.4 Å². The van der Waals surface area contributed by atoms with Gasteiger partial charge in [0.2, 0.25) is 0 Å². The van der Waals surface area contributed by atoms with Gasteiger partial charge in [-0.25, -0.2) is 4.79 Å². The zero-order valence-corrected chi connectivity index (χ0v) is 5.49. The average molecular weight is 185 g/mol. The van der Waals surface area contributed by atoms with Crippen LogP contribution >= 0.6 is 0 Å². The molecule has 0 aliphatic carbocycles. The number of hydrogen-bond acceptors (Lipinski definition) is 5. The molecule has 0 aromatic heterocycles. The third kappa shape index (κ3) is 1630. The van der Waals surface area contributed by atoms with Crippen molar-refractivity contribution >= 4 is 6.16 Å². The summed E-state index contributed by atoms with van der Waals surface area (Å²) in [5, 5.41) is 13.9. The van der Waals surface area contributed by atoms with Gasteiger partial charge in [0.25, 0.3) is 0 Å². The van der Waals surface area contributed by atoms with Gasteiger partial charge in [-0.1, -0.05) is 0 Å². The van der Waals surface area contributed by atoms with Gasteiger partial charge in [0.05, 0.1) is 0 Å². The monoisotopic (exact) mass is 185 g/mol. The third-order valence-electron chi connectivity index (χ3n) is 0. The molecule has 8 heteroatoms. The van der Waals surface area contributed by atoms with Gasteiger partial charge in [-0.05, 0) is 0 Å². The molecule has 61 valence electrons. The van der Waals surface area contributed by atoms with Gasteiger partial charge in [-0.3, -0.25) is 0 Å². The summed E-state index contributed by atoms with van der Waals surface area (Å²) in [6.45, 7) is 0. The van der Waals surface area contributed by atoms with Gasteiger partial charge in [-0.2, -0.15) is 0 Å². The van der Waals surface area contributed by atoms with E-state index in [1.54, 1.807) is 0 Å². The summed E-state index contributed by atoms with van der Waals surface area (Å²) in [7, 11) is 0. The Kier molecular flexibility index (Phi) is 5.70. The zero-order chi connectivity index (χ0) is 8.08. The van der Waals surface area contributed by atoms with Crippen LogP contribution in [0.2, 0.25) is 0 Å². The summed E-state index contributed by atoms with van der Waals surface area (Å²) in [4.78, 5) is 27.7. The van der Waals surface area contributed by atoms with Crippen LogP contribution in [0.25, 0.3) is 0 Å². The van der Waals surface area contributed by atoms with Crippen molar-refractivity contribution in [3.05, 3.63) is 0 Å². The molecule has 0 aromatic rings. The molecule has 0 aromatic carbocycles. The molecule has 0 atom stereocenters. The van der Waals surface area contributed by atoms with Crippen LogP contribution in [0.4, 0.5) is 4.79 Å². The SMILES string of the molecule is O=C(O)O.[NH2][Co]([NH2])([NH2])[NH2]. The van der Waals surface area contributed by atoms with Gasteiger partial charge in [-0.15, -0.1) is 0 Å². The quantitative estimate of drug-likeness (QED) is 0.250. The van der Waals surface area contributed by atoms with Crippen LogP contribution in [0, 0.1) is 0 Å². The van der Waals surface area contributed by atoms with Crippen molar-refractivity contribution < 1.29 is 28.5 Å². The molecule has 10 N–H and O–H groups in total. The third-order valence-corrected chi connectivity index (χ3v) is 0. The van der Waals surface area contributed by atoms with E-state index in [4.69, 9.17) is 34.1 Å². The molecular formula is CH10CoN4O3. The van der Waals surface area contributed by atoms with E-state index in [1.165, 1.54) is 0 Å². The second kappa shape index (κ2) is 4.49. The first-order valence-electron chi connectivity index (χ1n) is 1.42. The number of carboxylic acid groups (broad SMARTS) is 2. The minimum atomic E-state index is -2.38. The normalized spacial score (nSPS) is 11.1. The van der Waals surface area contributed by atoms with E-state index in [2.05, 4.69) is 0 Å². The molecule has 0 unspecified atom stereocenters. The molecule has 0 spiro atoms. The number of nitrogens with two attached hydrogens (primary N) is 4. The molecule has 0 radical (unpaired) electrons. The topological polar surface area (TPSA) is 162 Å². The fraction of sp³-hybridized carbons (Fsp3) is 0. The zero-order valence-electron chi connectivity index (χ0n) is 4.45. The van der Waals surface area contributed by atoms with Crippen LogP contribution in [0.5, 0.6) is 0 Å². The van der Waals surface area contributed by atoms with E-state index >= 15 is 0 Å². The Hall–Kier alpha value is -0.384. The van der Waals surface area contributed by atoms with Crippen molar-refractivity contribution in [1.82, 2.24) is 0 Å². The Morgan fingerprint density at radius 3 is 1.11 bits per heavy atom. The van der Waals surface area contributed by atoms with Gasteiger partial charge in [0, 0.05) is 0 Å². The fourth-order valence-electron chi connectivity index (χ4n) is 0. The van der Waals surface area contributed by atoms with Crippen LogP contribution in [0.1, 0.15) is 0 Å². The number of carbonyl (C=O) groups is 1. The van der Waals surface area contributed by atoms with Gasteiger partial charge < -0.3 is 10.2 Å². The van der Waals surface area contributed by atoms with Crippen LogP contribution in [0.3, 0.4) is 0 Å². The molecule has 9 heavy (non-hydrogen) atoms. The van der Waals surface area contributed by atoms with E-state index in [9.17, 15) is 0 Å². The summed E-state index contributed by atoms with van der Waals surface area (Å²) in [5.74, 6) is 0. The molecule has 0 saturated carbocycles. The van der Waals surface area contributed by atoms with E-state index in [0.717, 1.165) is 0 Å². The Labute approximate surface area is 54.6 Å². The number of hydrogen-bond donors (Lipinski definition) is 6. The summed E-state index contributed by atoms with van der Waals surface area (Å²) >= 11 is -2.38. The molecular weight excluding hydrogens is 175 g/mol. The fourth-order valence-corrected chi connectivity index (χ4v) is 0. The predicted molar refractivity (Wildman–Crippen MR) is 27.4 cm³/mol.